The molecule has 2 N–H and O–H groups in total. The number of para-hydroxylation sites is 1. The summed E-state index contributed by atoms with van der Waals surface area (Å²) in [6.45, 7) is 0. The van der Waals surface area contributed by atoms with Crippen molar-refractivity contribution in [2.24, 2.45) is 5.10 Å². The standard InChI is InChI=1S/C22H18ClN3O3/c1-29-18-12-6-15(7-13-18)14-24-26-22(28)19-4-2-3-5-20(19)25-21(27)16-8-10-17(23)11-9-16/h2-14H,1H3,(H,25,27)(H,26,28)/b24-14-. The maximum Gasteiger partial charge on any atom is 0.273 e. The van der Waals surface area contributed by atoms with Crippen LogP contribution in [0.15, 0.2) is 77.9 Å². The minimum atomic E-state index is -0.443. The first-order chi connectivity index (χ1) is 14.1. The second-order valence-corrected chi connectivity index (χ2v) is 6.42. The number of benzene rings is 3. The predicted molar refractivity (Wildman–Crippen MR) is 114 cm³/mol. The maximum absolute atomic E-state index is 12.5. The number of rotatable bonds is 6. The summed E-state index contributed by atoms with van der Waals surface area (Å²) in [5.41, 5.74) is 4.37. The zero-order valence-corrected chi connectivity index (χ0v) is 16.3. The third-order valence-corrected chi connectivity index (χ3v) is 4.27. The number of amides is 2. The Morgan fingerprint density at radius 1 is 0.931 bits per heavy atom. The Balaban J connectivity index is 1.68. The van der Waals surface area contributed by atoms with Crippen molar-refractivity contribution in [1.82, 2.24) is 5.43 Å². The molecule has 3 rings (SSSR count). The van der Waals surface area contributed by atoms with E-state index < -0.39 is 5.91 Å². The molecule has 0 fully saturated rings. The van der Waals surface area contributed by atoms with Crippen molar-refractivity contribution in [2.45, 2.75) is 0 Å². The Bertz CT molecular complexity index is 1030. The van der Waals surface area contributed by atoms with Gasteiger partial charge in [-0.1, -0.05) is 23.7 Å². The molecule has 7 heteroatoms. The van der Waals surface area contributed by atoms with Crippen molar-refractivity contribution in [3.8, 4) is 5.75 Å². The summed E-state index contributed by atoms with van der Waals surface area (Å²) >= 11 is 5.85. The molecule has 0 aliphatic carbocycles. The summed E-state index contributed by atoms with van der Waals surface area (Å²) < 4.78 is 5.10. The van der Waals surface area contributed by atoms with E-state index in [2.05, 4.69) is 15.8 Å². The second-order valence-electron chi connectivity index (χ2n) is 5.98. The van der Waals surface area contributed by atoms with Crippen LogP contribution in [-0.4, -0.2) is 25.1 Å². The van der Waals surface area contributed by atoms with Gasteiger partial charge in [-0.05, 0) is 66.2 Å². The molecule has 0 spiro atoms. The van der Waals surface area contributed by atoms with Crippen LogP contribution in [0.1, 0.15) is 26.3 Å². The number of halogens is 1. The third-order valence-electron chi connectivity index (χ3n) is 4.02. The lowest BCUT2D eigenvalue weighted by atomic mass is 10.1. The lowest BCUT2D eigenvalue weighted by molar-refractivity contribution is 0.0956. The quantitative estimate of drug-likeness (QED) is 0.470. The van der Waals surface area contributed by atoms with Gasteiger partial charge in [-0.2, -0.15) is 5.10 Å². The molecule has 0 unspecified atom stereocenters. The van der Waals surface area contributed by atoms with E-state index >= 15 is 0 Å². The Labute approximate surface area is 173 Å². The van der Waals surface area contributed by atoms with Crippen molar-refractivity contribution in [3.63, 3.8) is 0 Å². The molecule has 0 aromatic heterocycles. The molecule has 3 aromatic carbocycles. The molecule has 0 radical (unpaired) electrons. The van der Waals surface area contributed by atoms with Gasteiger partial charge in [0, 0.05) is 10.6 Å². The number of carbonyl (C=O) groups is 2. The van der Waals surface area contributed by atoms with E-state index in [4.69, 9.17) is 16.3 Å². The molecule has 0 heterocycles. The van der Waals surface area contributed by atoms with Gasteiger partial charge in [-0.15, -0.1) is 0 Å². The molecule has 146 valence electrons. The summed E-state index contributed by atoms with van der Waals surface area (Å²) in [7, 11) is 1.59. The Morgan fingerprint density at radius 3 is 2.31 bits per heavy atom. The van der Waals surface area contributed by atoms with Crippen LogP contribution in [0.4, 0.5) is 5.69 Å². The monoisotopic (exact) mass is 407 g/mol. The topological polar surface area (TPSA) is 79.8 Å². The second kappa shape index (κ2) is 9.52. The lowest BCUT2D eigenvalue weighted by Crippen LogP contribution is -2.21. The molecule has 0 saturated carbocycles. The summed E-state index contributed by atoms with van der Waals surface area (Å²) in [6.07, 6.45) is 1.52. The van der Waals surface area contributed by atoms with E-state index in [-0.39, 0.29) is 5.91 Å². The molecule has 0 saturated heterocycles. The average Bonchev–Trinajstić information content (AvgIpc) is 2.75. The van der Waals surface area contributed by atoms with Gasteiger partial charge >= 0.3 is 0 Å². The van der Waals surface area contributed by atoms with Gasteiger partial charge in [0.25, 0.3) is 11.8 Å². The lowest BCUT2D eigenvalue weighted by Gasteiger charge is -2.10. The zero-order valence-electron chi connectivity index (χ0n) is 15.6. The van der Waals surface area contributed by atoms with Crippen LogP contribution in [0.5, 0.6) is 5.75 Å². The highest BCUT2D eigenvalue weighted by molar-refractivity contribution is 6.30. The third kappa shape index (κ3) is 5.43. The fraction of sp³-hybridized carbons (Fsp3) is 0.0455. The van der Waals surface area contributed by atoms with Crippen molar-refractivity contribution >= 4 is 35.3 Å². The first-order valence-corrected chi connectivity index (χ1v) is 9.08. The van der Waals surface area contributed by atoms with Crippen LogP contribution >= 0.6 is 11.6 Å². The van der Waals surface area contributed by atoms with Crippen LogP contribution in [-0.2, 0) is 0 Å². The summed E-state index contributed by atoms with van der Waals surface area (Å²) in [6, 6.07) is 20.4. The summed E-state index contributed by atoms with van der Waals surface area (Å²) in [5.74, 6) is -0.0537. The fourth-order valence-electron chi connectivity index (χ4n) is 2.50. The van der Waals surface area contributed by atoms with Crippen molar-refractivity contribution in [1.29, 1.82) is 0 Å². The number of methoxy groups -OCH3 is 1. The van der Waals surface area contributed by atoms with E-state index in [1.54, 1.807) is 67.8 Å². The zero-order chi connectivity index (χ0) is 20.6. The summed E-state index contributed by atoms with van der Waals surface area (Å²) in [4.78, 5) is 24.9. The first kappa shape index (κ1) is 20.1. The molecule has 0 bridgehead atoms. The molecule has 3 aromatic rings. The number of hydrogen-bond donors (Lipinski definition) is 2. The molecule has 6 nitrogen and oxygen atoms in total. The molecule has 0 aliphatic heterocycles. The number of anilines is 1. The van der Waals surface area contributed by atoms with Gasteiger partial charge in [0.1, 0.15) is 5.75 Å². The minimum absolute atomic E-state index is 0.293. The highest BCUT2D eigenvalue weighted by Gasteiger charge is 2.13. The van der Waals surface area contributed by atoms with Crippen molar-refractivity contribution in [2.75, 3.05) is 12.4 Å². The highest BCUT2D eigenvalue weighted by atomic mass is 35.5. The van der Waals surface area contributed by atoms with E-state index in [0.29, 0.717) is 21.8 Å². The van der Waals surface area contributed by atoms with Crippen LogP contribution in [0.3, 0.4) is 0 Å². The van der Waals surface area contributed by atoms with Gasteiger partial charge in [-0.25, -0.2) is 5.43 Å². The van der Waals surface area contributed by atoms with E-state index in [1.807, 2.05) is 12.1 Å². The van der Waals surface area contributed by atoms with Gasteiger partial charge in [0.2, 0.25) is 0 Å². The fourth-order valence-corrected chi connectivity index (χ4v) is 2.63. The largest absolute Gasteiger partial charge is 0.497 e. The van der Waals surface area contributed by atoms with Gasteiger partial charge in [-0.3, -0.25) is 9.59 Å². The predicted octanol–water partition coefficient (Wildman–Crippen LogP) is 4.36. The Hall–Kier alpha value is -3.64. The molecule has 29 heavy (non-hydrogen) atoms. The van der Waals surface area contributed by atoms with Crippen LogP contribution in [0.2, 0.25) is 5.02 Å². The molecule has 2 amide bonds. The number of carbonyl (C=O) groups excluding carboxylic acids is 2. The van der Waals surface area contributed by atoms with Crippen LogP contribution in [0, 0.1) is 0 Å². The summed E-state index contributed by atoms with van der Waals surface area (Å²) in [5, 5.41) is 7.25. The smallest absolute Gasteiger partial charge is 0.273 e. The molecular formula is C22H18ClN3O3. The van der Waals surface area contributed by atoms with Gasteiger partial charge in [0.15, 0.2) is 0 Å². The van der Waals surface area contributed by atoms with E-state index in [9.17, 15) is 9.59 Å². The Morgan fingerprint density at radius 2 is 1.62 bits per heavy atom. The van der Waals surface area contributed by atoms with Gasteiger partial charge < -0.3 is 10.1 Å². The molecular weight excluding hydrogens is 390 g/mol. The van der Waals surface area contributed by atoms with E-state index in [1.165, 1.54) is 6.21 Å². The molecule has 0 aliphatic rings. The minimum Gasteiger partial charge on any atom is -0.497 e. The van der Waals surface area contributed by atoms with Crippen LogP contribution < -0.4 is 15.5 Å². The van der Waals surface area contributed by atoms with Crippen LogP contribution in [0.25, 0.3) is 0 Å². The SMILES string of the molecule is COc1ccc(/C=N\NC(=O)c2ccccc2NC(=O)c2ccc(Cl)cc2)cc1. The molecule has 0 atom stereocenters. The Kier molecular flexibility index (Phi) is 6.60. The van der Waals surface area contributed by atoms with E-state index in [0.717, 1.165) is 11.3 Å². The van der Waals surface area contributed by atoms with Crippen molar-refractivity contribution < 1.29 is 14.3 Å². The number of hydrogen-bond acceptors (Lipinski definition) is 4. The normalized spacial score (nSPS) is 10.6. The number of ether oxygens (including phenoxy) is 1. The first-order valence-electron chi connectivity index (χ1n) is 8.70. The average molecular weight is 408 g/mol. The highest BCUT2D eigenvalue weighted by Crippen LogP contribution is 2.17. The van der Waals surface area contributed by atoms with Gasteiger partial charge in [0.05, 0.1) is 24.6 Å². The number of hydrazone groups is 1. The maximum atomic E-state index is 12.5. The number of nitrogens with one attached hydrogen (secondary N) is 2. The van der Waals surface area contributed by atoms with Crippen molar-refractivity contribution in [3.05, 3.63) is 94.5 Å². The number of nitrogens with zero attached hydrogens (tertiary/aromatic N) is 1.